The highest BCUT2D eigenvalue weighted by molar-refractivity contribution is 6.32. The molecule has 0 aliphatic carbocycles. The van der Waals surface area contributed by atoms with Gasteiger partial charge in [-0.15, -0.1) is 0 Å². The Bertz CT molecular complexity index is 138. The van der Waals surface area contributed by atoms with E-state index in [1.54, 1.807) is 0 Å². The minimum Gasteiger partial charge on any atom is -0.460 e. The molecule has 0 aromatic carbocycles. The Hall–Kier alpha value is -0.860. The summed E-state index contributed by atoms with van der Waals surface area (Å²) in [7, 11) is 0. The van der Waals surface area contributed by atoms with Crippen LogP contribution in [0.1, 0.15) is 20.8 Å². The van der Waals surface area contributed by atoms with Gasteiger partial charge in [-0.1, -0.05) is 13.8 Å². The molecule has 0 saturated heterocycles. The normalized spacial score (nSPS) is 9.60. The Morgan fingerprint density at radius 3 is 2.20 bits per heavy atom. The van der Waals surface area contributed by atoms with Gasteiger partial charge in [0.15, 0.2) is 0 Å². The molecule has 0 heterocycles. The molecular weight excluding hydrogens is 132 g/mol. The van der Waals surface area contributed by atoms with Crippen LogP contribution in [0.2, 0.25) is 0 Å². The van der Waals surface area contributed by atoms with Crippen LogP contribution in [-0.4, -0.2) is 18.4 Å². The second-order valence-corrected chi connectivity index (χ2v) is 2.55. The lowest BCUT2D eigenvalue weighted by atomic mass is 10.2. The Kier molecular flexibility index (Phi) is 3.69. The molecule has 0 aromatic heterocycles. The number of hydrogen-bond acceptors (Lipinski definition) is 3. The first-order valence-corrected chi connectivity index (χ1v) is 3.21. The first kappa shape index (κ1) is 9.14. The molecule has 10 heavy (non-hydrogen) atoms. The first-order chi connectivity index (χ1) is 4.54. The van der Waals surface area contributed by atoms with Crippen molar-refractivity contribution >= 4 is 11.8 Å². The van der Waals surface area contributed by atoms with E-state index in [9.17, 15) is 9.59 Å². The molecule has 0 atom stereocenters. The fourth-order valence-corrected chi connectivity index (χ4v) is 0.344. The Balaban J connectivity index is 3.50. The van der Waals surface area contributed by atoms with Gasteiger partial charge in [-0.25, -0.2) is 4.79 Å². The fraction of sp³-hybridized carbons (Fsp3) is 0.714. The summed E-state index contributed by atoms with van der Waals surface area (Å²) >= 11 is 0. The number of carbonyl (C=O) groups is 2. The molecule has 0 bridgehead atoms. The van der Waals surface area contributed by atoms with Crippen LogP contribution in [0.3, 0.4) is 0 Å². The minimum absolute atomic E-state index is 0.281. The fourth-order valence-electron chi connectivity index (χ4n) is 0.344. The van der Waals surface area contributed by atoms with Gasteiger partial charge in [0.1, 0.15) is 0 Å². The van der Waals surface area contributed by atoms with Gasteiger partial charge in [-0.2, -0.15) is 0 Å². The second kappa shape index (κ2) is 4.04. The van der Waals surface area contributed by atoms with Crippen LogP contribution in [0.25, 0.3) is 0 Å². The number of carbonyl (C=O) groups excluding carboxylic acids is 2. The van der Waals surface area contributed by atoms with Crippen molar-refractivity contribution in [1.82, 2.24) is 0 Å². The van der Waals surface area contributed by atoms with E-state index >= 15 is 0 Å². The smallest absolute Gasteiger partial charge is 0.374 e. The van der Waals surface area contributed by atoms with Gasteiger partial charge < -0.3 is 4.74 Å². The summed E-state index contributed by atoms with van der Waals surface area (Å²) < 4.78 is 4.58. The van der Waals surface area contributed by atoms with Crippen molar-refractivity contribution < 1.29 is 14.3 Å². The molecule has 0 fully saturated rings. The summed E-state index contributed by atoms with van der Waals surface area (Å²) in [5, 5.41) is 0. The average Bonchev–Trinajstić information content (AvgIpc) is 1.82. The molecule has 0 aliphatic heterocycles. The van der Waals surface area contributed by atoms with Crippen LogP contribution in [0.15, 0.2) is 0 Å². The molecule has 0 saturated carbocycles. The third-order valence-electron chi connectivity index (χ3n) is 0.835. The zero-order chi connectivity index (χ0) is 8.15. The maximum atomic E-state index is 10.5. The van der Waals surface area contributed by atoms with E-state index in [2.05, 4.69) is 4.74 Å². The van der Waals surface area contributed by atoms with Gasteiger partial charge in [0.05, 0.1) is 6.61 Å². The number of esters is 1. The van der Waals surface area contributed by atoms with Crippen LogP contribution < -0.4 is 0 Å². The summed E-state index contributed by atoms with van der Waals surface area (Å²) in [5.74, 6) is -1.00. The van der Waals surface area contributed by atoms with Gasteiger partial charge in [0.25, 0.3) is 0 Å². The standard InChI is InChI=1S/C7H12O3/c1-5(2)4-10-7(9)6(3)8/h5H,4H2,1-3H3. The van der Waals surface area contributed by atoms with Crippen molar-refractivity contribution in [2.75, 3.05) is 6.61 Å². The van der Waals surface area contributed by atoms with E-state index < -0.39 is 11.8 Å². The Morgan fingerprint density at radius 1 is 1.40 bits per heavy atom. The maximum Gasteiger partial charge on any atom is 0.374 e. The molecule has 0 rings (SSSR count). The van der Waals surface area contributed by atoms with Crippen molar-refractivity contribution in [1.29, 1.82) is 0 Å². The topological polar surface area (TPSA) is 43.4 Å². The SMILES string of the molecule is CC(=O)C(=O)OCC(C)C. The number of rotatable bonds is 3. The zero-order valence-electron chi connectivity index (χ0n) is 6.51. The van der Waals surface area contributed by atoms with Gasteiger partial charge >= 0.3 is 5.97 Å². The molecule has 0 radical (unpaired) electrons. The van der Waals surface area contributed by atoms with E-state index in [1.807, 2.05) is 13.8 Å². The van der Waals surface area contributed by atoms with E-state index in [0.717, 1.165) is 0 Å². The van der Waals surface area contributed by atoms with Gasteiger partial charge in [0.2, 0.25) is 5.78 Å². The second-order valence-electron chi connectivity index (χ2n) is 2.55. The molecular formula is C7H12O3. The van der Waals surface area contributed by atoms with Crippen molar-refractivity contribution in [2.45, 2.75) is 20.8 Å². The molecule has 3 heteroatoms. The lowest BCUT2D eigenvalue weighted by Gasteiger charge is -2.03. The zero-order valence-corrected chi connectivity index (χ0v) is 6.51. The van der Waals surface area contributed by atoms with Crippen LogP contribution in [0.5, 0.6) is 0 Å². The van der Waals surface area contributed by atoms with Gasteiger partial charge in [-0.05, 0) is 5.92 Å². The predicted molar refractivity (Wildman–Crippen MR) is 36.5 cm³/mol. The number of hydrogen-bond donors (Lipinski definition) is 0. The molecule has 0 spiro atoms. The summed E-state index contributed by atoms with van der Waals surface area (Å²) in [6.07, 6.45) is 0. The highest BCUT2D eigenvalue weighted by Crippen LogP contribution is 1.92. The summed E-state index contributed by atoms with van der Waals surface area (Å²) in [5.41, 5.74) is 0. The van der Waals surface area contributed by atoms with Crippen molar-refractivity contribution in [3.8, 4) is 0 Å². The highest BCUT2D eigenvalue weighted by Gasteiger charge is 2.08. The molecule has 0 aromatic rings. The molecule has 0 amide bonds. The van der Waals surface area contributed by atoms with E-state index in [1.165, 1.54) is 6.92 Å². The molecule has 3 nitrogen and oxygen atoms in total. The average molecular weight is 144 g/mol. The van der Waals surface area contributed by atoms with Crippen LogP contribution >= 0.6 is 0 Å². The van der Waals surface area contributed by atoms with Crippen molar-refractivity contribution in [2.24, 2.45) is 5.92 Å². The minimum atomic E-state index is -0.742. The monoisotopic (exact) mass is 144 g/mol. The van der Waals surface area contributed by atoms with Gasteiger partial charge in [0, 0.05) is 6.92 Å². The quantitative estimate of drug-likeness (QED) is 0.434. The van der Waals surface area contributed by atoms with Crippen LogP contribution in [0.4, 0.5) is 0 Å². The van der Waals surface area contributed by atoms with Crippen LogP contribution in [-0.2, 0) is 14.3 Å². The molecule has 0 unspecified atom stereocenters. The number of ether oxygens (including phenoxy) is 1. The summed E-state index contributed by atoms with van der Waals surface area (Å²) in [6.45, 7) is 5.34. The lowest BCUT2D eigenvalue weighted by Crippen LogP contribution is -2.16. The predicted octanol–water partition coefficient (Wildman–Crippen LogP) is 0.775. The molecule has 0 aliphatic rings. The first-order valence-electron chi connectivity index (χ1n) is 3.21. The third kappa shape index (κ3) is 4.06. The van der Waals surface area contributed by atoms with Gasteiger partial charge in [-0.3, -0.25) is 4.79 Å². The summed E-state index contributed by atoms with van der Waals surface area (Å²) in [4.78, 5) is 20.8. The molecule has 0 N–H and O–H groups in total. The van der Waals surface area contributed by atoms with E-state index in [0.29, 0.717) is 6.61 Å². The van der Waals surface area contributed by atoms with E-state index in [4.69, 9.17) is 0 Å². The molecule has 58 valence electrons. The Labute approximate surface area is 60.4 Å². The highest BCUT2D eigenvalue weighted by atomic mass is 16.5. The van der Waals surface area contributed by atoms with E-state index in [-0.39, 0.29) is 5.92 Å². The lowest BCUT2D eigenvalue weighted by molar-refractivity contribution is -0.153. The van der Waals surface area contributed by atoms with Crippen molar-refractivity contribution in [3.63, 3.8) is 0 Å². The Morgan fingerprint density at radius 2 is 1.90 bits per heavy atom. The maximum absolute atomic E-state index is 10.5. The number of ketones is 1. The van der Waals surface area contributed by atoms with Crippen molar-refractivity contribution in [3.05, 3.63) is 0 Å². The number of Topliss-reactive ketones (excluding diaryl/α,β-unsaturated/α-hetero) is 1. The summed E-state index contributed by atoms with van der Waals surface area (Å²) in [6, 6.07) is 0. The largest absolute Gasteiger partial charge is 0.460 e. The van der Waals surface area contributed by atoms with Crippen LogP contribution in [0, 0.1) is 5.92 Å². The third-order valence-corrected chi connectivity index (χ3v) is 0.835.